The Morgan fingerprint density at radius 3 is 3.00 bits per heavy atom. The quantitative estimate of drug-likeness (QED) is 0.910. The Morgan fingerprint density at radius 2 is 2.28 bits per heavy atom. The van der Waals surface area contributed by atoms with Gasteiger partial charge in [-0.2, -0.15) is 0 Å². The first-order valence-electron chi connectivity index (χ1n) is 6.94. The van der Waals surface area contributed by atoms with Gasteiger partial charge in [-0.15, -0.1) is 0 Å². The van der Waals surface area contributed by atoms with E-state index in [9.17, 15) is 0 Å². The van der Waals surface area contributed by atoms with Gasteiger partial charge in [0.15, 0.2) is 0 Å². The van der Waals surface area contributed by atoms with Gasteiger partial charge in [0.1, 0.15) is 0 Å². The van der Waals surface area contributed by atoms with E-state index in [1.807, 2.05) is 0 Å². The molecule has 1 heterocycles. The molecule has 0 saturated carbocycles. The molecule has 1 atom stereocenters. The number of halogens is 1. The van der Waals surface area contributed by atoms with E-state index in [1.165, 1.54) is 41.7 Å². The summed E-state index contributed by atoms with van der Waals surface area (Å²) in [6, 6.07) is 6.66. The molecule has 0 aliphatic carbocycles. The molecular formula is C15H23BrN2. The molecule has 0 bridgehead atoms. The van der Waals surface area contributed by atoms with Crippen molar-refractivity contribution in [3.8, 4) is 0 Å². The van der Waals surface area contributed by atoms with Crippen LogP contribution in [0.25, 0.3) is 0 Å². The highest BCUT2D eigenvalue weighted by atomic mass is 79.9. The summed E-state index contributed by atoms with van der Waals surface area (Å²) in [5.41, 5.74) is 2.81. The first kappa shape index (κ1) is 13.9. The molecular weight excluding hydrogens is 288 g/mol. The second-order valence-electron chi connectivity index (χ2n) is 5.25. The third-order valence-corrected chi connectivity index (χ3v) is 4.10. The van der Waals surface area contributed by atoms with Crippen LogP contribution in [-0.2, 0) is 6.54 Å². The highest BCUT2D eigenvalue weighted by molar-refractivity contribution is 9.10. The standard InChI is InChI=1S/C15H23BrN2/c1-3-17-10-13-9-14(16)6-7-15(13)18-8-4-5-12(2)11-18/h6-7,9,12,17H,3-5,8,10-11H2,1-2H3. The second-order valence-corrected chi connectivity index (χ2v) is 6.16. The Labute approximate surface area is 119 Å². The Balaban J connectivity index is 2.19. The average Bonchev–Trinajstić information content (AvgIpc) is 2.36. The summed E-state index contributed by atoms with van der Waals surface area (Å²) >= 11 is 3.58. The molecule has 100 valence electrons. The minimum absolute atomic E-state index is 0.814. The summed E-state index contributed by atoms with van der Waals surface area (Å²) in [5.74, 6) is 0.814. The van der Waals surface area contributed by atoms with Crippen LogP contribution in [0.15, 0.2) is 22.7 Å². The maximum absolute atomic E-state index is 3.58. The van der Waals surface area contributed by atoms with E-state index in [4.69, 9.17) is 0 Å². The van der Waals surface area contributed by atoms with Crippen molar-refractivity contribution < 1.29 is 0 Å². The topological polar surface area (TPSA) is 15.3 Å². The zero-order chi connectivity index (χ0) is 13.0. The van der Waals surface area contributed by atoms with Crippen LogP contribution in [0.5, 0.6) is 0 Å². The summed E-state index contributed by atoms with van der Waals surface area (Å²) in [6.07, 6.45) is 2.69. The molecule has 0 aromatic heterocycles. The Hall–Kier alpha value is -0.540. The number of nitrogens with zero attached hydrogens (tertiary/aromatic N) is 1. The monoisotopic (exact) mass is 310 g/mol. The van der Waals surface area contributed by atoms with Crippen molar-refractivity contribution in [2.24, 2.45) is 5.92 Å². The zero-order valence-corrected chi connectivity index (χ0v) is 13.0. The lowest BCUT2D eigenvalue weighted by molar-refractivity contribution is 0.446. The van der Waals surface area contributed by atoms with E-state index in [-0.39, 0.29) is 0 Å². The molecule has 1 unspecified atom stereocenters. The second kappa shape index (κ2) is 6.58. The Kier molecular flexibility index (Phi) is 5.07. The van der Waals surface area contributed by atoms with E-state index in [0.717, 1.165) is 19.0 Å². The van der Waals surface area contributed by atoms with Crippen LogP contribution in [-0.4, -0.2) is 19.6 Å². The van der Waals surface area contributed by atoms with Crippen molar-refractivity contribution in [1.29, 1.82) is 0 Å². The van der Waals surface area contributed by atoms with Crippen LogP contribution in [0.4, 0.5) is 5.69 Å². The third-order valence-electron chi connectivity index (χ3n) is 3.60. The number of hydrogen-bond donors (Lipinski definition) is 1. The van der Waals surface area contributed by atoms with Gasteiger partial charge in [0.2, 0.25) is 0 Å². The molecule has 2 nitrogen and oxygen atoms in total. The molecule has 0 radical (unpaired) electrons. The van der Waals surface area contributed by atoms with Crippen LogP contribution in [0.2, 0.25) is 0 Å². The summed E-state index contributed by atoms with van der Waals surface area (Å²) < 4.78 is 1.17. The van der Waals surface area contributed by atoms with Crippen molar-refractivity contribution in [3.63, 3.8) is 0 Å². The summed E-state index contributed by atoms with van der Waals surface area (Å²) in [5, 5.41) is 3.43. The lowest BCUT2D eigenvalue weighted by Gasteiger charge is -2.34. The first-order valence-corrected chi connectivity index (χ1v) is 7.74. The molecule has 1 saturated heterocycles. The first-order chi connectivity index (χ1) is 8.70. The van der Waals surface area contributed by atoms with Gasteiger partial charge in [0, 0.05) is 29.8 Å². The summed E-state index contributed by atoms with van der Waals surface area (Å²) in [4.78, 5) is 2.55. The highest BCUT2D eigenvalue weighted by Gasteiger charge is 2.18. The SMILES string of the molecule is CCNCc1cc(Br)ccc1N1CCCC(C)C1. The van der Waals surface area contributed by atoms with Crippen LogP contribution in [0.1, 0.15) is 32.3 Å². The molecule has 0 amide bonds. The van der Waals surface area contributed by atoms with Gasteiger partial charge in [-0.3, -0.25) is 0 Å². The molecule has 1 aliphatic rings. The zero-order valence-electron chi connectivity index (χ0n) is 11.4. The van der Waals surface area contributed by atoms with Crippen molar-refractivity contribution in [3.05, 3.63) is 28.2 Å². The van der Waals surface area contributed by atoms with E-state index in [0.29, 0.717) is 0 Å². The van der Waals surface area contributed by atoms with Gasteiger partial charge in [-0.25, -0.2) is 0 Å². The molecule has 1 aromatic carbocycles. The fraction of sp³-hybridized carbons (Fsp3) is 0.600. The minimum Gasteiger partial charge on any atom is -0.371 e. The average molecular weight is 311 g/mol. The molecule has 1 aliphatic heterocycles. The molecule has 1 N–H and O–H groups in total. The molecule has 2 rings (SSSR count). The number of hydrogen-bond acceptors (Lipinski definition) is 2. The van der Waals surface area contributed by atoms with Crippen LogP contribution in [0.3, 0.4) is 0 Å². The van der Waals surface area contributed by atoms with E-state index in [1.54, 1.807) is 0 Å². The maximum atomic E-state index is 3.58. The van der Waals surface area contributed by atoms with Crippen molar-refractivity contribution in [2.75, 3.05) is 24.5 Å². The normalized spacial score (nSPS) is 20.2. The predicted octanol–water partition coefficient (Wildman–Crippen LogP) is 3.79. The van der Waals surface area contributed by atoms with Crippen molar-refractivity contribution in [2.45, 2.75) is 33.2 Å². The Bertz CT molecular complexity index is 392. The van der Waals surface area contributed by atoms with Crippen molar-refractivity contribution >= 4 is 21.6 Å². The molecule has 1 fully saturated rings. The minimum atomic E-state index is 0.814. The van der Waals surface area contributed by atoms with Crippen LogP contribution >= 0.6 is 15.9 Å². The molecule has 1 aromatic rings. The molecule has 0 spiro atoms. The van der Waals surface area contributed by atoms with Gasteiger partial charge in [-0.1, -0.05) is 29.8 Å². The fourth-order valence-electron chi connectivity index (χ4n) is 2.67. The van der Waals surface area contributed by atoms with Gasteiger partial charge >= 0.3 is 0 Å². The molecule has 18 heavy (non-hydrogen) atoms. The summed E-state index contributed by atoms with van der Waals surface area (Å²) in [7, 11) is 0. The molecule has 3 heteroatoms. The maximum Gasteiger partial charge on any atom is 0.0412 e. The number of rotatable bonds is 4. The Morgan fingerprint density at radius 1 is 1.44 bits per heavy atom. The van der Waals surface area contributed by atoms with Gasteiger partial charge < -0.3 is 10.2 Å². The third kappa shape index (κ3) is 3.48. The van der Waals surface area contributed by atoms with E-state index >= 15 is 0 Å². The van der Waals surface area contributed by atoms with Crippen LogP contribution in [0, 0.1) is 5.92 Å². The van der Waals surface area contributed by atoms with Gasteiger partial charge in [0.05, 0.1) is 0 Å². The summed E-state index contributed by atoms with van der Waals surface area (Å²) in [6.45, 7) is 8.87. The van der Waals surface area contributed by atoms with Crippen molar-refractivity contribution in [1.82, 2.24) is 5.32 Å². The van der Waals surface area contributed by atoms with Gasteiger partial charge in [-0.05, 0) is 49.1 Å². The lowest BCUT2D eigenvalue weighted by atomic mass is 9.99. The smallest absolute Gasteiger partial charge is 0.0412 e. The van der Waals surface area contributed by atoms with E-state index in [2.05, 4.69) is 58.2 Å². The number of benzene rings is 1. The highest BCUT2D eigenvalue weighted by Crippen LogP contribution is 2.28. The number of piperidine rings is 1. The predicted molar refractivity (Wildman–Crippen MR) is 82.1 cm³/mol. The number of anilines is 1. The lowest BCUT2D eigenvalue weighted by Crippen LogP contribution is -2.35. The van der Waals surface area contributed by atoms with Gasteiger partial charge in [0.25, 0.3) is 0 Å². The van der Waals surface area contributed by atoms with E-state index < -0.39 is 0 Å². The van der Waals surface area contributed by atoms with Crippen LogP contribution < -0.4 is 10.2 Å². The fourth-order valence-corrected chi connectivity index (χ4v) is 3.08. The number of nitrogens with one attached hydrogen (secondary N) is 1. The largest absolute Gasteiger partial charge is 0.371 e.